The van der Waals surface area contributed by atoms with Crippen LogP contribution in [0, 0.1) is 12.3 Å². The minimum atomic E-state index is -5.26. The third-order valence-corrected chi connectivity index (χ3v) is 6.90. The average Bonchev–Trinajstić information content (AvgIpc) is 3.46. The zero-order chi connectivity index (χ0) is 26.0. The second-order valence-corrected chi connectivity index (χ2v) is 10.1. The Bertz CT molecular complexity index is 1450. The number of allylic oxidation sites excluding steroid dienone is 1. The summed E-state index contributed by atoms with van der Waals surface area (Å²) >= 11 is 0. The van der Waals surface area contributed by atoms with Crippen LogP contribution in [0.25, 0.3) is 5.69 Å². The van der Waals surface area contributed by atoms with Gasteiger partial charge in [-0.1, -0.05) is 32.0 Å². The molecule has 7 nitrogen and oxygen atoms in total. The number of alkyl halides is 3. The van der Waals surface area contributed by atoms with Gasteiger partial charge < -0.3 is 9.32 Å². The van der Waals surface area contributed by atoms with E-state index in [2.05, 4.69) is 5.10 Å². The van der Waals surface area contributed by atoms with Gasteiger partial charge in [0.05, 0.1) is 24.1 Å². The Morgan fingerprint density at radius 2 is 1.72 bits per heavy atom. The van der Waals surface area contributed by atoms with Crippen molar-refractivity contribution in [3.05, 3.63) is 87.4 Å². The third kappa shape index (κ3) is 3.30. The molecule has 2 aromatic heterocycles. The van der Waals surface area contributed by atoms with E-state index in [0.717, 1.165) is 9.58 Å². The highest BCUT2D eigenvalue weighted by Gasteiger charge is 2.73. The highest BCUT2D eigenvalue weighted by molar-refractivity contribution is 6.13. The smallest absolute Gasteiger partial charge is 0.411 e. The highest BCUT2D eigenvalue weighted by atomic mass is 19.4. The van der Waals surface area contributed by atoms with Crippen LogP contribution >= 0.6 is 0 Å². The molecule has 0 bridgehead atoms. The highest BCUT2D eigenvalue weighted by Crippen LogP contribution is 2.57. The first kappa shape index (κ1) is 23.9. The lowest BCUT2D eigenvalue weighted by molar-refractivity contribution is -0.189. The Morgan fingerprint density at radius 1 is 1.03 bits per heavy atom. The lowest BCUT2D eigenvalue weighted by atomic mass is 9.66. The van der Waals surface area contributed by atoms with Gasteiger partial charge in [-0.3, -0.25) is 19.5 Å². The third-order valence-electron chi connectivity index (χ3n) is 6.90. The summed E-state index contributed by atoms with van der Waals surface area (Å²) in [6, 6.07) is 11.2. The zero-order valence-electron chi connectivity index (χ0n) is 19.9. The number of carbonyl (C=O) groups excluding carboxylic acids is 2. The topological polar surface area (TPSA) is 88.3 Å². The molecule has 0 unspecified atom stereocenters. The molecule has 3 heterocycles. The van der Waals surface area contributed by atoms with Crippen molar-refractivity contribution < 1.29 is 27.2 Å². The van der Waals surface area contributed by atoms with Gasteiger partial charge >= 0.3 is 6.18 Å². The van der Waals surface area contributed by atoms with Crippen LogP contribution in [0.2, 0.25) is 0 Å². The molecule has 0 saturated carbocycles. The van der Waals surface area contributed by atoms with Crippen molar-refractivity contribution in [3.8, 4) is 5.69 Å². The Kier molecular flexibility index (Phi) is 5.21. The summed E-state index contributed by atoms with van der Waals surface area (Å²) in [5.41, 5.74) is -6.43. The Balaban J connectivity index is 1.82. The lowest BCUT2D eigenvalue weighted by Gasteiger charge is -2.35. The van der Waals surface area contributed by atoms with Crippen LogP contribution in [-0.2, 0) is 21.5 Å². The SMILES string of the molecule is Cc1[nH]n(-c2ccccc2)c(=O)c1[C@@]1(C(F)(F)F)C(=O)N(Cc2ccco2)C2=C1C(=O)CC(C)(C)C2. The number of Topliss-reactive ketones (excluding diaryl/α,β-unsaturated/α-hetero) is 1. The van der Waals surface area contributed by atoms with E-state index in [0.29, 0.717) is 5.69 Å². The van der Waals surface area contributed by atoms with Gasteiger partial charge in [0, 0.05) is 23.4 Å². The van der Waals surface area contributed by atoms with Crippen molar-refractivity contribution in [1.82, 2.24) is 14.7 Å². The number of benzene rings is 1. The summed E-state index contributed by atoms with van der Waals surface area (Å²) in [5, 5.41) is 2.69. The molecule has 5 rings (SSSR count). The number of carbonyl (C=O) groups is 2. The van der Waals surface area contributed by atoms with Crippen LogP contribution < -0.4 is 5.56 Å². The van der Waals surface area contributed by atoms with Gasteiger partial charge in [0.1, 0.15) is 5.76 Å². The number of hydrogen-bond acceptors (Lipinski definition) is 4. The van der Waals surface area contributed by atoms with Crippen LogP contribution in [0.5, 0.6) is 0 Å². The van der Waals surface area contributed by atoms with Crippen molar-refractivity contribution >= 4 is 11.7 Å². The molecule has 1 aromatic carbocycles. The minimum absolute atomic E-state index is 0.0127. The largest absolute Gasteiger partial charge is 0.467 e. The lowest BCUT2D eigenvalue weighted by Crippen LogP contribution is -2.55. The maximum absolute atomic E-state index is 15.3. The Labute approximate surface area is 204 Å². The van der Waals surface area contributed by atoms with Gasteiger partial charge in [0.25, 0.3) is 11.5 Å². The Hall–Kier alpha value is -3.82. The van der Waals surface area contributed by atoms with Crippen molar-refractivity contribution in [3.63, 3.8) is 0 Å². The molecule has 1 atom stereocenters. The molecule has 0 saturated heterocycles. The fourth-order valence-corrected chi connectivity index (χ4v) is 5.49. The summed E-state index contributed by atoms with van der Waals surface area (Å²) < 4.78 is 52.2. The molecule has 188 valence electrons. The van der Waals surface area contributed by atoms with Crippen LogP contribution in [0.15, 0.2) is 69.2 Å². The number of hydrogen-bond donors (Lipinski definition) is 1. The van der Waals surface area contributed by atoms with E-state index in [-0.39, 0.29) is 36.5 Å². The molecule has 3 aromatic rings. The van der Waals surface area contributed by atoms with Crippen molar-refractivity contribution in [2.24, 2.45) is 5.41 Å². The van der Waals surface area contributed by atoms with Crippen molar-refractivity contribution in [2.45, 2.75) is 51.7 Å². The van der Waals surface area contributed by atoms with Gasteiger partial charge in [-0.15, -0.1) is 0 Å². The van der Waals surface area contributed by atoms with E-state index in [4.69, 9.17) is 4.42 Å². The van der Waals surface area contributed by atoms with Crippen molar-refractivity contribution in [1.29, 1.82) is 0 Å². The number of furan rings is 1. The fraction of sp³-hybridized carbons (Fsp3) is 0.346. The summed E-state index contributed by atoms with van der Waals surface area (Å²) in [4.78, 5) is 42.0. The number of nitrogens with one attached hydrogen (secondary N) is 1. The van der Waals surface area contributed by atoms with E-state index in [9.17, 15) is 14.4 Å². The average molecular weight is 499 g/mol. The number of aromatic amines is 1. The molecular weight excluding hydrogens is 475 g/mol. The fourth-order valence-electron chi connectivity index (χ4n) is 5.49. The first-order valence-electron chi connectivity index (χ1n) is 11.4. The number of halogens is 3. The predicted molar refractivity (Wildman–Crippen MR) is 123 cm³/mol. The summed E-state index contributed by atoms with van der Waals surface area (Å²) in [5.74, 6) is -1.90. The molecule has 1 aliphatic heterocycles. The second-order valence-electron chi connectivity index (χ2n) is 10.1. The van der Waals surface area contributed by atoms with E-state index in [1.54, 1.807) is 56.3 Å². The maximum atomic E-state index is 15.3. The summed E-state index contributed by atoms with van der Waals surface area (Å²) in [6.07, 6.45) is -4.02. The van der Waals surface area contributed by atoms with Crippen molar-refractivity contribution in [2.75, 3.05) is 0 Å². The number of nitrogens with zero attached hydrogens (tertiary/aromatic N) is 2. The number of para-hydroxylation sites is 1. The van der Waals surface area contributed by atoms with Gasteiger partial charge in [-0.25, -0.2) is 4.68 Å². The first-order chi connectivity index (χ1) is 16.9. The van der Waals surface area contributed by atoms with Crippen LogP contribution in [0.4, 0.5) is 13.2 Å². The molecular formula is C26H24F3N3O4. The molecule has 2 aliphatic rings. The summed E-state index contributed by atoms with van der Waals surface area (Å²) in [7, 11) is 0. The predicted octanol–water partition coefficient (Wildman–Crippen LogP) is 4.55. The second kappa shape index (κ2) is 7.84. The van der Waals surface area contributed by atoms with Crippen LogP contribution in [0.3, 0.4) is 0 Å². The van der Waals surface area contributed by atoms with Gasteiger partial charge in [0.2, 0.25) is 5.41 Å². The van der Waals surface area contributed by atoms with E-state index in [1.165, 1.54) is 13.2 Å². The number of H-pyrrole nitrogens is 1. The van der Waals surface area contributed by atoms with E-state index >= 15 is 13.2 Å². The Morgan fingerprint density at radius 3 is 2.33 bits per heavy atom. The number of amides is 1. The molecule has 1 amide bonds. The monoisotopic (exact) mass is 499 g/mol. The van der Waals surface area contributed by atoms with Gasteiger partial charge in [-0.05, 0) is 43.0 Å². The molecule has 1 aliphatic carbocycles. The first-order valence-corrected chi connectivity index (χ1v) is 11.4. The molecule has 0 spiro atoms. The number of ketones is 1. The van der Waals surface area contributed by atoms with E-state index < -0.39 is 45.4 Å². The molecule has 10 heteroatoms. The molecule has 0 radical (unpaired) electrons. The normalized spacial score (nSPS) is 21.9. The number of rotatable bonds is 4. The van der Waals surface area contributed by atoms with Crippen LogP contribution in [0.1, 0.15) is 43.7 Å². The maximum Gasteiger partial charge on any atom is 0.411 e. The summed E-state index contributed by atoms with van der Waals surface area (Å²) in [6.45, 7) is 4.55. The standard InChI is InChI=1S/C26H24F3N3O4/c1-15-20(22(34)32(30-15)16-8-5-4-6-9-16)25(26(27,28)29)21-18(12-24(2,3)13-19(21)33)31(23(25)35)14-17-10-7-11-36-17/h4-11,30H,12-14H2,1-3H3/t25-/m0/s1. The van der Waals surface area contributed by atoms with Crippen LogP contribution in [-0.4, -0.2) is 32.5 Å². The van der Waals surface area contributed by atoms with Gasteiger partial charge in [0.15, 0.2) is 5.78 Å². The molecule has 0 fully saturated rings. The molecule has 36 heavy (non-hydrogen) atoms. The van der Waals surface area contributed by atoms with E-state index in [1.807, 2.05) is 0 Å². The quantitative estimate of drug-likeness (QED) is 0.571. The minimum Gasteiger partial charge on any atom is -0.467 e. The number of aromatic nitrogens is 2. The van der Waals surface area contributed by atoms with Gasteiger partial charge in [-0.2, -0.15) is 13.2 Å². The zero-order valence-corrected chi connectivity index (χ0v) is 19.9. The molecule has 1 N–H and O–H groups in total. The number of aryl methyl sites for hydroxylation is 1.